The van der Waals surface area contributed by atoms with E-state index in [-0.39, 0.29) is 12.2 Å². The van der Waals surface area contributed by atoms with Crippen molar-refractivity contribution in [3.8, 4) is 0 Å². The van der Waals surface area contributed by atoms with E-state index in [1.165, 1.54) is 6.92 Å². The van der Waals surface area contributed by atoms with Crippen LogP contribution < -0.4 is 0 Å². The fraction of sp³-hybridized carbons (Fsp3) is 0.158. The van der Waals surface area contributed by atoms with Gasteiger partial charge in [-0.1, -0.05) is 72.8 Å². The van der Waals surface area contributed by atoms with Gasteiger partial charge in [0.15, 0.2) is 0 Å². The molecule has 0 fully saturated rings. The maximum Gasteiger partial charge on any atom is 0.134 e. The van der Waals surface area contributed by atoms with E-state index in [0.717, 1.165) is 17.4 Å². The average Bonchev–Trinajstić information content (AvgIpc) is 2.53. The number of carbonyl (C=O) groups excluding carboxylic acids is 2. The van der Waals surface area contributed by atoms with Crippen LogP contribution in [0.3, 0.4) is 0 Å². The van der Waals surface area contributed by atoms with Crippen LogP contribution >= 0.6 is 0 Å². The van der Waals surface area contributed by atoms with Crippen molar-refractivity contribution in [1.82, 2.24) is 0 Å². The molecule has 2 nitrogen and oxygen atoms in total. The third kappa shape index (κ3) is 3.76. The van der Waals surface area contributed by atoms with Gasteiger partial charge in [0.1, 0.15) is 12.1 Å². The largest absolute Gasteiger partial charge is 0.302 e. The topological polar surface area (TPSA) is 34.1 Å². The second kappa shape index (κ2) is 6.80. The Hall–Kier alpha value is -2.48. The van der Waals surface area contributed by atoms with Gasteiger partial charge in [0.2, 0.25) is 0 Å². The summed E-state index contributed by atoms with van der Waals surface area (Å²) in [6.07, 6.45) is 4.75. The Bertz CT molecular complexity index is 629. The molecule has 0 aliphatic carbocycles. The van der Waals surface area contributed by atoms with Crippen LogP contribution in [0.1, 0.15) is 24.5 Å². The number of carbonyl (C=O) groups is 2. The van der Waals surface area contributed by atoms with Crippen molar-refractivity contribution in [3.05, 3.63) is 77.9 Å². The van der Waals surface area contributed by atoms with Crippen LogP contribution in [0.25, 0.3) is 6.08 Å². The van der Waals surface area contributed by atoms with E-state index >= 15 is 0 Å². The minimum atomic E-state index is -0.900. The lowest BCUT2D eigenvalue weighted by molar-refractivity contribution is -0.121. The average molecular weight is 278 g/mol. The normalized spacial score (nSPS) is 13.8. The number of aldehydes is 1. The standard InChI is InChI=1S/C19H18O2/c1-16(21)14-19(15-20,18-10-6-3-7-11-18)13-12-17-8-4-2-5-9-17/h2-13,15H,14H2,1H3/b13-12+. The molecule has 0 bridgehead atoms. The first-order valence-electron chi connectivity index (χ1n) is 6.92. The van der Waals surface area contributed by atoms with Crippen molar-refractivity contribution < 1.29 is 9.59 Å². The van der Waals surface area contributed by atoms with Gasteiger partial charge in [0.05, 0.1) is 5.41 Å². The number of hydrogen-bond acceptors (Lipinski definition) is 2. The minimum absolute atomic E-state index is 0.0105. The summed E-state index contributed by atoms with van der Waals surface area (Å²) in [5.74, 6) is -0.0105. The van der Waals surface area contributed by atoms with E-state index in [2.05, 4.69) is 0 Å². The van der Waals surface area contributed by atoms with Crippen LogP contribution in [0.5, 0.6) is 0 Å². The molecule has 2 aromatic rings. The number of ketones is 1. The number of Topliss-reactive ketones (excluding diaryl/α,β-unsaturated/α-hetero) is 1. The predicted molar refractivity (Wildman–Crippen MR) is 85.0 cm³/mol. The Morgan fingerprint density at radius 2 is 1.57 bits per heavy atom. The monoisotopic (exact) mass is 278 g/mol. The second-order valence-electron chi connectivity index (χ2n) is 5.15. The van der Waals surface area contributed by atoms with Crippen LogP contribution in [-0.2, 0) is 15.0 Å². The van der Waals surface area contributed by atoms with Gasteiger partial charge in [-0.3, -0.25) is 4.79 Å². The molecule has 0 amide bonds. The molecule has 0 saturated heterocycles. The molecule has 0 radical (unpaired) electrons. The van der Waals surface area contributed by atoms with Crippen LogP contribution in [0.15, 0.2) is 66.7 Å². The van der Waals surface area contributed by atoms with Crippen molar-refractivity contribution in [3.63, 3.8) is 0 Å². The van der Waals surface area contributed by atoms with Crippen molar-refractivity contribution >= 4 is 18.1 Å². The van der Waals surface area contributed by atoms with Crippen molar-refractivity contribution in [2.45, 2.75) is 18.8 Å². The van der Waals surface area contributed by atoms with Crippen molar-refractivity contribution in [2.75, 3.05) is 0 Å². The van der Waals surface area contributed by atoms with E-state index in [1.807, 2.05) is 72.8 Å². The summed E-state index contributed by atoms with van der Waals surface area (Å²) in [6, 6.07) is 19.2. The molecule has 0 saturated carbocycles. The van der Waals surface area contributed by atoms with E-state index < -0.39 is 5.41 Å². The van der Waals surface area contributed by atoms with Crippen LogP contribution in [0.4, 0.5) is 0 Å². The first-order valence-corrected chi connectivity index (χ1v) is 6.92. The number of rotatable bonds is 6. The molecule has 0 aliphatic rings. The smallest absolute Gasteiger partial charge is 0.134 e. The lowest BCUT2D eigenvalue weighted by atomic mass is 9.77. The molecule has 1 atom stereocenters. The van der Waals surface area contributed by atoms with Crippen LogP contribution in [-0.4, -0.2) is 12.1 Å². The zero-order chi connectivity index (χ0) is 15.1. The predicted octanol–water partition coefficient (Wildman–Crippen LogP) is 3.82. The Kier molecular flexibility index (Phi) is 4.83. The summed E-state index contributed by atoms with van der Waals surface area (Å²) in [7, 11) is 0. The third-order valence-electron chi connectivity index (χ3n) is 3.44. The van der Waals surface area contributed by atoms with Gasteiger partial charge in [0.25, 0.3) is 0 Å². The number of benzene rings is 2. The molecule has 2 rings (SSSR count). The quantitative estimate of drug-likeness (QED) is 0.753. The van der Waals surface area contributed by atoms with Crippen molar-refractivity contribution in [2.24, 2.45) is 0 Å². The van der Waals surface area contributed by atoms with Gasteiger partial charge in [-0.05, 0) is 18.1 Å². The highest BCUT2D eigenvalue weighted by molar-refractivity contribution is 5.86. The molecule has 2 aromatic carbocycles. The van der Waals surface area contributed by atoms with Crippen LogP contribution in [0.2, 0.25) is 0 Å². The highest BCUT2D eigenvalue weighted by Gasteiger charge is 2.30. The molecule has 0 N–H and O–H groups in total. The molecular formula is C19H18O2. The first kappa shape index (κ1) is 14.9. The number of hydrogen-bond donors (Lipinski definition) is 0. The maximum absolute atomic E-state index is 11.8. The molecule has 21 heavy (non-hydrogen) atoms. The molecule has 106 valence electrons. The second-order valence-corrected chi connectivity index (χ2v) is 5.15. The summed E-state index contributed by atoms with van der Waals surface area (Å²) >= 11 is 0. The van der Waals surface area contributed by atoms with Crippen LogP contribution in [0, 0.1) is 0 Å². The zero-order valence-corrected chi connectivity index (χ0v) is 12.0. The molecule has 0 spiro atoms. The first-order chi connectivity index (χ1) is 10.2. The maximum atomic E-state index is 11.8. The van der Waals surface area contributed by atoms with E-state index in [4.69, 9.17) is 0 Å². The SMILES string of the molecule is CC(=O)CC(C=O)(/C=C/c1ccccc1)c1ccccc1. The summed E-state index contributed by atoms with van der Waals surface area (Å²) in [5, 5.41) is 0. The number of allylic oxidation sites excluding steroid dienone is 1. The van der Waals surface area contributed by atoms with Gasteiger partial charge in [-0.25, -0.2) is 0 Å². The Morgan fingerprint density at radius 3 is 2.10 bits per heavy atom. The van der Waals surface area contributed by atoms with E-state index in [0.29, 0.717) is 0 Å². The Morgan fingerprint density at radius 1 is 1.00 bits per heavy atom. The van der Waals surface area contributed by atoms with Gasteiger partial charge < -0.3 is 4.79 Å². The minimum Gasteiger partial charge on any atom is -0.302 e. The van der Waals surface area contributed by atoms with Gasteiger partial charge in [-0.15, -0.1) is 0 Å². The fourth-order valence-electron chi connectivity index (χ4n) is 2.38. The molecule has 0 heterocycles. The summed E-state index contributed by atoms with van der Waals surface area (Å²) in [6.45, 7) is 1.51. The third-order valence-corrected chi connectivity index (χ3v) is 3.44. The summed E-state index contributed by atoms with van der Waals surface area (Å²) in [4.78, 5) is 23.4. The van der Waals surface area contributed by atoms with Crippen molar-refractivity contribution in [1.29, 1.82) is 0 Å². The molecule has 2 heteroatoms. The van der Waals surface area contributed by atoms with Gasteiger partial charge in [-0.2, -0.15) is 0 Å². The highest BCUT2D eigenvalue weighted by Crippen LogP contribution is 2.29. The van der Waals surface area contributed by atoms with E-state index in [1.54, 1.807) is 0 Å². The Labute approximate surface area is 125 Å². The summed E-state index contributed by atoms with van der Waals surface area (Å²) < 4.78 is 0. The van der Waals surface area contributed by atoms with E-state index in [9.17, 15) is 9.59 Å². The molecular weight excluding hydrogens is 260 g/mol. The molecule has 1 unspecified atom stereocenters. The zero-order valence-electron chi connectivity index (χ0n) is 12.0. The fourth-order valence-corrected chi connectivity index (χ4v) is 2.38. The molecule has 0 aliphatic heterocycles. The Balaban J connectivity index is 2.43. The van der Waals surface area contributed by atoms with Gasteiger partial charge in [0, 0.05) is 6.42 Å². The lowest BCUT2D eigenvalue weighted by Crippen LogP contribution is -2.28. The lowest BCUT2D eigenvalue weighted by Gasteiger charge is -2.24. The van der Waals surface area contributed by atoms with Gasteiger partial charge >= 0.3 is 0 Å². The summed E-state index contributed by atoms with van der Waals surface area (Å²) in [5.41, 5.74) is 0.939. The molecule has 0 aromatic heterocycles. The highest BCUT2D eigenvalue weighted by atomic mass is 16.1.